The van der Waals surface area contributed by atoms with E-state index in [1.807, 2.05) is 63.2 Å². The predicted molar refractivity (Wildman–Crippen MR) is 133 cm³/mol. The van der Waals surface area contributed by atoms with Crippen LogP contribution in [0.3, 0.4) is 0 Å². The number of nitrogens with zero attached hydrogens (tertiary/aromatic N) is 3. The molecule has 0 spiro atoms. The minimum absolute atomic E-state index is 0.123. The number of aryl methyl sites for hydroxylation is 3. The van der Waals surface area contributed by atoms with Crippen LogP contribution in [0, 0.1) is 20.8 Å². The molecule has 0 atom stereocenters. The van der Waals surface area contributed by atoms with E-state index >= 15 is 0 Å². The number of anilines is 1. The molecule has 0 aliphatic carbocycles. The Labute approximate surface area is 201 Å². The standard InChI is InChI=1S/C27H24N4O4/c1-5-34-27(33)20-14-28-31(22-13-16(3)18-11-8-9-15(2)23(18)29-22)25(20)30-26(32)24-17(4)19-10-6-7-12-21(19)35-24/h6-14H,5H2,1-4H3,(H,30,32). The summed E-state index contributed by atoms with van der Waals surface area (Å²) in [6, 6.07) is 15.3. The average molecular weight is 469 g/mol. The van der Waals surface area contributed by atoms with Gasteiger partial charge in [0.05, 0.1) is 18.3 Å². The molecule has 8 nitrogen and oxygen atoms in total. The third kappa shape index (κ3) is 3.82. The summed E-state index contributed by atoms with van der Waals surface area (Å²) in [5.41, 5.74) is 4.26. The van der Waals surface area contributed by atoms with E-state index in [4.69, 9.17) is 14.1 Å². The molecule has 5 rings (SSSR count). The van der Waals surface area contributed by atoms with Crippen LogP contribution in [0.25, 0.3) is 27.7 Å². The molecule has 0 aliphatic rings. The van der Waals surface area contributed by atoms with Crippen LogP contribution < -0.4 is 5.32 Å². The Morgan fingerprint density at radius 1 is 1.03 bits per heavy atom. The molecule has 8 heteroatoms. The van der Waals surface area contributed by atoms with Gasteiger partial charge in [-0.25, -0.2) is 9.78 Å². The molecule has 3 heterocycles. The van der Waals surface area contributed by atoms with Crippen LogP contribution in [-0.2, 0) is 4.74 Å². The van der Waals surface area contributed by atoms with Gasteiger partial charge in [0.25, 0.3) is 5.91 Å². The monoisotopic (exact) mass is 468 g/mol. The Morgan fingerprint density at radius 2 is 1.80 bits per heavy atom. The highest BCUT2D eigenvalue weighted by Gasteiger charge is 2.25. The Hall–Kier alpha value is -4.46. The molecule has 0 unspecified atom stereocenters. The fraction of sp³-hybridized carbons (Fsp3) is 0.185. The van der Waals surface area contributed by atoms with Crippen LogP contribution in [0.4, 0.5) is 5.82 Å². The Kier molecular flexibility index (Phi) is 5.56. The highest BCUT2D eigenvalue weighted by molar-refractivity contribution is 6.09. The van der Waals surface area contributed by atoms with E-state index in [-0.39, 0.29) is 23.7 Å². The largest absolute Gasteiger partial charge is 0.462 e. The molecule has 1 N–H and O–H groups in total. The number of esters is 1. The minimum Gasteiger partial charge on any atom is -0.462 e. The number of rotatable bonds is 5. The zero-order chi connectivity index (χ0) is 24.7. The van der Waals surface area contributed by atoms with E-state index in [1.54, 1.807) is 13.0 Å². The number of amides is 1. The summed E-state index contributed by atoms with van der Waals surface area (Å²) in [6.45, 7) is 7.70. The van der Waals surface area contributed by atoms with Gasteiger partial charge in [0.1, 0.15) is 11.1 Å². The van der Waals surface area contributed by atoms with Crippen LogP contribution in [0.2, 0.25) is 0 Å². The Bertz CT molecular complexity index is 1610. The first-order valence-electron chi connectivity index (χ1n) is 11.3. The molecule has 2 aromatic carbocycles. The number of carbonyl (C=O) groups excluding carboxylic acids is 2. The van der Waals surface area contributed by atoms with Crippen molar-refractivity contribution in [2.45, 2.75) is 27.7 Å². The lowest BCUT2D eigenvalue weighted by Crippen LogP contribution is -2.18. The van der Waals surface area contributed by atoms with Gasteiger partial charge < -0.3 is 14.5 Å². The molecular weight excluding hydrogens is 444 g/mol. The zero-order valence-corrected chi connectivity index (χ0v) is 19.9. The molecule has 0 saturated carbocycles. The van der Waals surface area contributed by atoms with Gasteiger partial charge in [-0.2, -0.15) is 9.78 Å². The first-order chi connectivity index (χ1) is 16.9. The molecule has 3 aromatic heterocycles. The number of pyridine rings is 1. The molecule has 0 radical (unpaired) electrons. The maximum atomic E-state index is 13.3. The molecule has 0 aliphatic heterocycles. The summed E-state index contributed by atoms with van der Waals surface area (Å²) in [5, 5.41) is 9.08. The molecule has 1 amide bonds. The number of hydrogen-bond acceptors (Lipinski definition) is 6. The number of para-hydroxylation sites is 2. The van der Waals surface area contributed by atoms with E-state index < -0.39 is 11.9 Å². The lowest BCUT2D eigenvalue weighted by molar-refractivity contribution is 0.0527. The Morgan fingerprint density at radius 3 is 2.57 bits per heavy atom. The minimum atomic E-state index is -0.593. The number of benzene rings is 2. The average Bonchev–Trinajstić information content (AvgIpc) is 3.41. The predicted octanol–water partition coefficient (Wildman–Crippen LogP) is 5.52. The van der Waals surface area contributed by atoms with Crippen molar-refractivity contribution < 1.29 is 18.7 Å². The number of carbonyl (C=O) groups is 2. The van der Waals surface area contributed by atoms with Crippen molar-refractivity contribution in [2.24, 2.45) is 0 Å². The van der Waals surface area contributed by atoms with E-state index in [1.165, 1.54) is 10.9 Å². The second kappa shape index (κ2) is 8.72. The molecule has 35 heavy (non-hydrogen) atoms. The number of ether oxygens (including phenoxy) is 1. The lowest BCUT2D eigenvalue weighted by Gasteiger charge is -2.12. The summed E-state index contributed by atoms with van der Waals surface area (Å²) < 4.78 is 12.5. The lowest BCUT2D eigenvalue weighted by atomic mass is 10.1. The van der Waals surface area contributed by atoms with Crippen LogP contribution in [0.15, 0.2) is 59.1 Å². The van der Waals surface area contributed by atoms with Crippen LogP contribution in [0.5, 0.6) is 0 Å². The van der Waals surface area contributed by atoms with Gasteiger partial charge in [-0.15, -0.1) is 0 Å². The van der Waals surface area contributed by atoms with Gasteiger partial charge in [0.15, 0.2) is 17.4 Å². The molecule has 0 saturated heterocycles. The number of hydrogen-bond donors (Lipinski definition) is 1. The van der Waals surface area contributed by atoms with Gasteiger partial charge in [-0.1, -0.05) is 36.4 Å². The van der Waals surface area contributed by atoms with Crippen LogP contribution in [0.1, 0.15) is 44.5 Å². The van der Waals surface area contributed by atoms with Gasteiger partial charge in [0.2, 0.25) is 0 Å². The second-order valence-electron chi connectivity index (χ2n) is 8.31. The molecule has 5 aromatic rings. The van der Waals surface area contributed by atoms with Gasteiger partial charge >= 0.3 is 5.97 Å². The maximum Gasteiger partial charge on any atom is 0.343 e. The topological polar surface area (TPSA) is 99.2 Å². The van der Waals surface area contributed by atoms with E-state index in [0.29, 0.717) is 17.0 Å². The van der Waals surface area contributed by atoms with Gasteiger partial charge in [-0.05, 0) is 51.0 Å². The van der Waals surface area contributed by atoms with E-state index in [2.05, 4.69) is 10.4 Å². The first kappa shape index (κ1) is 22.3. The summed E-state index contributed by atoms with van der Waals surface area (Å²) in [4.78, 5) is 30.8. The number of nitrogens with one attached hydrogen (secondary N) is 1. The normalized spacial score (nSPS) is 11.2. The summed E-state index contributed by atoms with van der Waals surface area (Å²) in [7, 11) is 0. The Balaban J connectivity index is 1.63. The summed E-state index contributed by atoms with van der Waals surface area (Å²) >= 11 is 0. The highest BCUT2D eigenvalue weighted by Crippen LogP contribution is 2.29. The SMILES string of the molecule is CCOC(=O)c1cnn(-c2cc(C)c3cccc(C)c3n2)c1NC(=O)c1oc2ccccc2c1C. The van der Waals surface area contributed by atoms with Crippen molar-refractivity contribution in [2.75, 3.05) is 11.9 Å². The molecule has 176 valence electrons. The zero-order valence-electron chi connectivity index (χ0n) is 19.9. The first-order valence-corrected chi connectivity index (χ1v) is 11.3. The van der Waals surface area contributed by atoms with Crippen molar-refractivity contribution in [3.63, 3.8) is 0 Å². The molecule has 0 bridgehead atoms. The maximum absolute atomic E-state index is 13.3. The second-order valence-corrected chi connectivity index (χ2v) is 8.31. The van der Waals surface area contributed by atoms with E-state index in [0.717, 1.165) is 27.4 Å². The van der Waals surface area contributed by atoms with Crippen molar-refractivity contribution in [3.8, 4) is 5.82 Å². The van der Waals surface area contributed by atoms with Crippen molar-refractivity contribution >= 4 is 39.6 Å². The molecule has 0 fully saturated rings. The number of fused-ring (bicyclic) bond motifs is 2. The van der Waals surface area contributed by atoms with Crippen LogP contribution in [-0.4, -0.2) is 33.2 Å². The third-order valence-electron chi connectivity index (χ3n) is 6.00. The smallest absolute Gasteiger partial charge is 0.343 e. The fourth-order valence-corrected chi connectivity index (χ4v) is 4.21. The van der Waals surface area contributed by atoms with Gasteiger partial charge in [-0.3, -0.25) is 4.79 Å². The number of aromatic nitrogens is 3. The summed E-state index contributed by atoms with van der Waals surface area (Å²) in [5.74, 6) is -0.305. The summed E-state index contributed by atoms with van der Waals surface area (Å²) in [6.07, 6.45) is 1.37. The quantitative estimate of drug-likeness (QED) is 0.341. The fourth-order valence-electron chi connectivity index (χ4n) is 4.21. The van der Waals surface area contributed by atoms with Crippen molar-refractivity contribution in [1.82, 2.24) is 14.8 Å². The highest BCUT2D eigenvalue weighted by atomic mass is 16.5. The van der Waals surface area contributed by atoms with Crippen molar-refractivity contribution in [1.29, 1.82) is 0 Å². The third-order valence-corrected chi connectivity index (χ3v) is 6.00. The van der Waals surface area contributed by atoms with Crippen LogP contribution >= 0.6 is 0 Å². The van der Waals surface area contributed by atoms with Crippen molar-refractivity contribution in [3.05, 3.63) is 82.7 Å². The number of furan rings is 1. The van der Waals surface area contributed by atoms with E-state index in [9.17, 15) is 9.59 Å². The van der Waals surface area contributed by atoms with Gasteiger partial charge in [0, 0.05) is 16.3 Å². The molecular formula is C27H24N4O4.